The van der Waals surface area contributed by atoms with E-state index in [1.54, 1.807) is 23.6 Å². The number of hydrogen-bond donors (Lipinski definition) is 2. The molecule has 4 aromatic carbocycles. The van der Waals surface area contributed by atoms with Crippen molar-refractivity contribution in [3.8, 4) is 22.1 Å². The van der Waals surface area contributed by atoms with Crippen molar-refractivity contribution in [2.24, 2.45) is 5.10 Å². The number of fused-ring (bicyclic) bond motifs is 3. The molecule has 182 valence electrons. The fourth-order valence-electron chi connectivity index (χ4n) is 4.75. The molecule has 3 heterocycles. The Bertz CT molecular complexity index is 1970. The number of phenolic OH excluding ortho intramolecular Hbond substituents is 1. The second-order valence-corrected chi connectivity index (χ2v) is 9.68. The van der Waals surface area contributed by atoms with Crippen molar-refractivity contribution in [1.29, 1.82) is 0 Å². The van der Waals surface area contributed by atoms with Crippen molar-refractivity contribution in [1.82, 2.24) is 19.5 Å². The van der Waals surface area contributed by atoms with Gasteiger partial charge in [-0.05, 0) is 39.7 Å². The second kappa shape index (κ2) is 9.10. The van der Waals surface area contributed by atoms with Gasteiger partial charge in [0.15, 0.2) is 22.8 Å². The van der Waals surface area contributed by atoms with Crippen LogP contribution in [0.2, 0.25) is 0 Å². The summed E-state index contributed by atoms with van der Waals surface area (Å²) < 4.78 is 2.08. The Kier molecular flexibility index (Phi) is 5.30. The van der Waals surface area contributed by atoms with Crippen molar-refractivity contribution < 1.29 is 5.11 Å². The highest BCUT2D eigenvalue weighted by molar-refractivity contribution is 7.13. The highest BCUT2D eigenvalue weighted by Gasteiger charge is 2.20. The Morgan fingerprint density at radius 3 is 2.45 bits per heavy atom. The van der Waals surface area contributed by atoms with Crippen LogP contribution in [0.15, 0.2) is 108 Å². The summed E-state index contributed by atoms with van der Waals surface area (Å²) in [6, 6.07) is 30.0. The molecule has 0 aliphatic carbocycles. The van der Waals surface area contributed by atoms with Gasteiger partial charge < -0.3 is 5.11 Å². The first-order chi connectivity index (χ1) is 18.8. The molecule has 0 spiro atoms. The first kappa shape index (κ1) is 22.1. The number of phenols is 1. The van der Waals surface area contributed by atoms with Gasteiger partial charge in [-0.3, -0.25) is 9.99 Å². The van der Waals surface area contributed by atoms with E-state index in [0.29, 0.717) is 22.5 Å². The van der Waals surface area contributed by atoms with Gasteiger partial charge in [0.25, 0.3) is 0 Å². The summed E-state index contributed by atoms with van der Waals surface area (Å²) in [4.78, 5) is 15.1. The van der Waals surface area contributed by atoms with E-state index in [9.17, 15) is 5.11 Å². The number of aromatic nitrogens is 4. The summed E-state index contributed by atoms with van der Waals surface area (Å²) in [7, 11) is 0. The fourth-order valence-corrected chi connectivity index (χ4v) is 5.46. The number of hydrazone groups is 1. The molecule has 3 aromatic heterocycles. The molecule has 0 unspecified atom stereocenters. The summed E-state index contributed by atoms with van der Waals surface area (Å²) in [6.07, 6.45) is 3.12. The van der Waals surface area contributed by atoms with Crippen LogP contribution < -0.4 is 5.43 Å². The van der Waals surface area contributed by atoms with Gasteiger partial charge in [0, 0.05) is 10.9 Å². The second-order valence-electron chi connectivity index (χ2n) is 8.73. The van der Waals surface area contributed by atoms with Crippen LogP contribution in [0.4, 0.5) is 5.82 Å². The Balaban J connectivity index is 1.37. The summed E-state index contributed by atoms with van der Waals surface area (Å²) >= 11 is 1.62. The molecule has 0 atom stereocenters. The SMILES string of the molecule is Oc1ccc2ccccc2c1/C=N/Nc1ncnc2c1nc(-c1cccs1)n2-c1cccc2ccccc12. The molecule has 0 saturated carbocycles. The van der Waals surface area contributed by atoms with Crippen LogP contribution in [0.5, 0.6) is 5.75 Å². The van der Waals surface area contributed by atoms with Crippen molar-refractivity contribution in [3.63, 3.8) is 0 Å². The lowest BCUT2D eigenvalue weighted by molar-refractivity contribution is 0.475. The van der Waals surface area contributed by atoms with Crippen LogP contribution in [0.1, 0.15) is 5.56 Å². The average molecular weight is 513 g/mol. The number of benzene rings is 4. The molecule has 0 bridgehead atoms. The predicted octanol–water partition coefficient (Wildman–Crippen LogP) is 7.00. The fraction of sp³-hybridized carbons (Fsp3) is 0. The molecule has 7 rings (SSSR count). The minimum absolute atomic E-state index is 0.155. The highest BCUT2D eigenvalue weighted by Crippen LogP contribution is 2.35. The maximum absolute atomic E-state index is 10.5. The first-order valence-electron chi connectivity index (χ1n) is 12.0. The zero-order valence-electron chi connectivity index (χ0n) is 20.0. The number of nitrogens with zero attached hydrogens (tertiary/aromatic N) is 5. The van der Waals surface area contributed by atoms with Crippen LogP contribution in [0.3, 0.4) is 0 Å². The van der Waals surface area contributed by atoms with Gasteiger partial charge in [-0.25, -0.2) is 15.0 Å². The number of aromatic hydroxyl groups is 1. The average Bonchev–Trinajstić information content (AvgIpc) is 3.63. The Hall–Kier alpha value is -5.08. The van der Waals surface area contributed by atoms with E-state index in [4.69, 9.17) is 4.98 Å². The van der Waals surface area contributed by atoms with Gasteiger partial charge in [-0.15, -0.1) is 11.3 Å². The van der Waals surface area contributed by atoms with E-state index in [0.717, 1.165) is 37.9 Å². The van der Waals surface area contributed by atoms with Crippen molar-refractivity contribution >= 4 is 56.1 Å². The van der Waals surface area contributed by atoms with Gasteiger partial charge in [0.1, 0.15) is 12.1 Å². The van der Waals surface area contributed by atoms with E-state index in [1.807, 2.05) is 60.0 Å². The van der Waals surface area contributed by atoms with Crippen LogP contribution in [0.25, 0.3) is 49.1 Å². The molecule has 0 radical (unpaired) electrons. The molecule has 0 aliphatic rings. The van der Waals surface area contributed by atoms with Gasteiger partial charge in [-0.2, -0.15) is 5.10 Å². The molecule has 2 N–H and O–H groups in total. The maximum Gasteiger partial charge on any atom is 0.177 e. The lowest BCUT2D eigenvalue weighted by Gasteiger charge is -2.11. The van der Waals surface area contributed by atoms with Crippen molar-refractivity contribution in [2.75, 3.05) is 5.43 Å². The Labute approximate surface area is 221 Å². The van der Waals surface area contributed by atoms with Crippen LogP contribution in [0, 0.1) is 0 Å². The molecule has 8 heteroatoms. The van der Waals surface area contributed by atoms with Gasteiger partial charge in [0.05, 0.1) is 16.8 Å². The van der Waals surface area contributed by atoms with E-state index in [2.05, 4.69) is 55.4 Å². The molecule has 7 aromatic rings. The van der Waals surface area contributed by atoms with E-state index in [1.165, 1.54) is 6.33 Å². The van der Waals surface area contributed by atoms with Crippen molar-refractivity contribution in [3.05, 3.63) is 108 Å². The molecule has 38 heavy (non-hydrogen) atoms. The highest BCUT2D eigenvalue weighted by atomic mass is 32.1. The van der Waals surface area contributed by atoms with Gasteiger partial charge >= 0.3 is 0 Å². The monoisotopic (exact) mass is 512 g/mol. The lowest BCUT2D eigenvalue weighted by atomic mass is 10.0. The molecule has 0 saturated heterocycles. The molecular formula is C30H20N6OS. The van der Waals surface area contributed by atoms with E-state index in [-0.39, 0.29) is 5.75 Å². The number of hydrogen-bond acceptors (Lipinski definition) is 7. The predicted molar refractivity (Wildman–Crippen MR) is 154 cm³/mol. The lowest BCUT2D eigenvalue weighted by Crippen LogP contribution is -2.00. The maximum atomic E-state index is 10.5. The molecule has 0 aliphatic heterocycles. The minimum atomic E-state index is 0.155. The summed E-state index contributed by atoms with van der Waals surface area (Å²) in [5.41, 5.74) is 5.92. The van der Waals surface area contributed by atoms with E-state index < -0.39 is 0 Å². The molecular weight excluding hydrogens is 492 g/mol. The van der Waals surface area contributed by atoms with Gasteiger partial charge in [0.2, 0.25) is 0 Å². The quantitative estimate of drug-likeness (QED) is 0.191. The third kappa shape index (κ3) is 3.66. The zero-order chi connectivity index (χ0) is 25.5. The Morgan fingerprint density at radius 1 is 0.816 bits per heavy atom. The minimum Gasteiger partial charge on any atom is -0.507 e. The molecule has 7 nitrogen and oxygen atoms in total. The largest absolute Gasteiger partial charge is 0.507 e. The zero-order valence-corrected chi connectivity index (χ0v) is 20.8. The van der Waals surface area contributed by atoms with Crippen molar-refractivity contribution in [2.45, 2.75) is 0 Å². The third-order valence-corrected chi connectivity index (χ3v) is 7.37. The summed E-state index contributed by atoms with van der Waals surface area (Å²) in [5, 5.41) is 21.1. The first-order valence-corrected chi connectivity index (χ1v) is 12.9. The summed E-state index contributed by atoms with van der Waals surface area (Å²) in [5.74, 6) is 1.41. The standard InChI is InChI=1S/C30H20N6OS/c37-25-15-14-20-8-1-3-10-21(20)23(25)17-33-35-28-27-30(32-18-31-28)36(29(34-27)26-13-6-16-38-26)24-12-5-9-19-7-2-4-11-22(19)24/h1-18,37H,(H,31,32,35)/b33-17+. The molecule has 0 fully saturated rings. The van der Waals surface area contributed by atoms with Crippen LogP contribution >= 0.6 is 11.3 Å². The smallest absolute Gasteiger partial charge is 0.177 e. The van der Waals surface area contributed by atoms with Crippen LogP contribution in [-0.4, -0.2) is 30.8 Å². The number of nitrogens with one attached hydrogen (secondary N) is 1. The Morgan fingerprint density at radius 2 is 1.61 bits per heavy atom. The van der Waals surface area contributed by atoms with Crippen LogP contribution in [-0.2, 0) is 0 Å². The van der Waals surface area contributed by atoms with Gasteiger partial charge in [-0.1, -0.05) is 72.8 Å². The normalized spacial score (nSPS) is 11.7. The number of anilines is 1. The van der Waals surface area contributed by atoms with E-state index >= 15 is 0 Å². The number of rotatable bonds is 5. The number of thiophene rings is 1. The number of imidazole rings is 1. The topological polar surface area (TPSA) is 88.2 Å². The summed E-state index contributed by atoms with van der Waals surface area (Å²) in [6.45, 7) is 0. The third-order valence-electron chi connectivity index (χ3n) is 6.51. The molecule has 0 amide bonds.